The molecule has 0 amide bonds. The highest BCUT2D eigenvalue weighted by atomic mass is 79.9. The van der Waals surface area contributed by atoms with Crippen molar-refractivity contribution in [1.29, 1.82) is 0 Å². The van der Waals surface area contributed by atoms with Gasteiger partial charge in [-0.3, -0.25) is 4.79 Å². The molecule has 3 aromatic rings. The van der Waals surface area contributed by atoms with Crippen LogP contribution in [0.2, 0.25) is 0 Å². The monoisotopic (exact) mass is 465 g/mol. The summed E-state index contributed by atoms with van der Waals surface area (Å²) in [4.78, 5) is 14.9. The molecule has 0 radical (unpaired) electrons. The molecule has 0 aliphatic carbocycles. The van der Waals surface area contributed by atoms with E-state index in [1.165, 1.54) is 24.9 Å². The number of nitrogens with zero attached hydrogens (tertiary/aromatic N) is 1. The van der Waals surface area contributed by atoms with E-state index in [4.69, 9.17) is 9.15 Å². The fourth-order valence-corrected chi connectivity index (χ4v) is 3.75. The summed E-state index contributed by atoms with van der Waals surface area (Å²) in [7, 11) is 0. The Kier molecular flexibility index (Phi) is 6.70. The van der Waals surface area contributed by atoms with Crippen LogP contribution in [0.25, 0.3) is 6.08 Å². The number of furan rings is 1. The SMILES string of the molecule is O=C(/C=C/c1ccc(COc2ccc(Br)cc2)o1)c1ccc(N2CCCCC2)cc1. The number of rotatable bonds is 7. The molecule has 154 valence electrons. The zero-order valence-corrected chi connectivity index (χ0v) is 18.3. The molecule has 2 heterocycles. The van der Waals surface area contributed by atoms with Crippen LogP contribution < -0.4 is 9.64 Å². The number of hydrogen-bond acceptors (Lipinski definition) is 4. The number of hydrogen-bond donors (Lipinski definition) is 0. The van der Waals surface area contributed by atoms with E-state index in [-0.39, 0.29) is 5.78 Å². The summed E-state index contributed by atoms with van der Waals surface area (Å²) < 4.78 is 12.4. The molecule has 4 rings (SSSR count). The first-order valence-electron chi connectivity index (χ1n) is 10.2. The standard InChI is InChI=1S/C25H24BrNO3/c26-20-6-10-22(11-7-20)29-18-24-13-12-23(30-24)14-15-25(28)19-4-8-21(9-5-19)27-16-2-1-3-17-27/h4-15H,1-3,16-18H2/b15-14+. The molecule has 0 spiro atoms. The molecule has 2 aromatic carbocycles. The van der Waals surface area contributed by atoms with Crippen LogP contribution in [0.15, 0.2) is 75.6 Å². The van der Waals surface area contributed by atoms with Crippen molar-refractivity contribution >= 4 is 33.5 Å². The molecule has 1 saturated heterocycles. The third-order valence-corrected chi connectivity index (χ3v) is 5.68. The predicted molar refractivity (Wildman–Crippen MR) is 123 cm³/mol. The predicted octanol–water partition coefficient (Wildman–Crippen LogP) is 6.51. The van der Waals surface area contributed by atoms with Crippen LogP contribution in [-0.4, -0.2) is 18.9 Å². The first kappa shape index (κ1) is 20.5. The molecule has 4 nitrogen and oxygen atoms in total. The lowest BCUT2D eigenvalue weighted by Crippen LogP contribution is -2.29. The van der Waals surface area contributed by atoms with Gasteiger partial charge in [-0.15, -0.1) is 0 Å². The van der Waals surface area contributed by atoms with Crippen LogP contribution in [0.5, 0.6) is 5.75 Å². The van der Waals surface area contributed by atoms with E-state index < -0.39 is 0 Å². The largest absolute Gasteiger partial charge is 0.486 e. The van der Waals surface area contributed by atoms with Crippen LogP contribution in [0, 0.1) is 0 Å². The molecule has 0 bridgehead atoms. The van der Waals surface area contributed by atoms with Gasteiger partial charge in [0.05, 0.1) is 0 Å². The van der Waals surface area contributed by atoms with Gasteiger partial charge in [0.15, 0.2) is 5.78 Å². The maximum atomic E-state index is 12.5. The van der Waals surface area contributed by atoms with Gasteiger partial charge in [0.2, 0.25) is 0 Å². The van der Waals surface area contributed by atoms with Gasteiger partial charge in [0.1, 0.15) is 23.9 Å². The van der Waals surface area contributed by atoms with Crippen molar-refractivity contribution in [3.8, 4) is 5.75 Å². The molecule has 0 N–H and O–H groups in total. The van der Waals surface area contributed by atoms with E-state index in [0.717, 1.165) is 23.3 Å². The number of ketones is 1. The Balaban J connectivity index is 1.32. The normalized spacial score (nSPS) is 14.2. The molecule has 5 heteroatoms. The van der Waals surface area contributed by atoms with Gasteiger partial charge in [-0.05, 0) is 92.1 Å². The average molecular weight is 466 g/mol. The van der Waals surface area contributed by atoms with Crippen LogP contribution in [0.1, 0.15) is 41.1 Å². The van der Waals surface area contributed by atoms with E-state index in [0.29, 0.717) is 23.7 Å². The number of carbonyl (C=O) groups is 1. The van der Waals surface area contributed by atoms with Gasteiger partial charge in [-0.2, -0.15) is 0 Å². The van der Waals surface area contributed by atoms with Crippen LogP contribution in [0.4, 0.5) is 5.69 Å². The second kappa shape index (κ2) is 9.81. The van der Waals surface area contributed by atoms with Gasteiger partial charge >= 0.3 is 0 Å². The fourth-order valence-electron chi connectivity index (χ4n) is 3.49. The average Bonchev–Trinajstić information content (AvgIpc) is 3.26. The van der Waals surface area contributed by atoms with Gasteiger partial charge in [0, 0.05) is 28.8 Å². The molecule has 30 heavy (non-hydrogen) atoms. The quantitative estimate of drug-likeness (QED) is 0.294. The molecule has 1 fully saturated rings. The zero-order valence-electron chi connectivity index (χ0n) is 16.7. The Bertz CT molecular complexity index is 1000. The highest BCUT2D eigenvalue weighted by molar-refractivity contribution is 9.10. The summed E-state index contributed by atoms with van der Waals surface area (Å²) in [6.07, 6.45) is 7.03. The van der Waals surface area contributed by atoms with Gasteiger partial charge in [-0.1, -0.05) is 15.9 Å². The van der Waals surface area contributed by atoms with Gasteiger partial charge < -0.3 is 14.1 Å². The Labute approximate surface area is 185 Å². The molecular weight excluding hydrogens is 442 g/mol. The van der Waals surface area contributed by atoms with E-state index in [9.17, 15) is 4.79 Å². The Morgan fingerprint density at radius 1 is 0.967 bits per heavy atom. The molecular formula is C25H24BrNO3. The van der Waals surface area contributed by atoms with Gasteiger partial charge in [0.25, 0.3) is 0 Å². The molecule has 1 aliphatic heterocycles. The third-order valence-electron chi connectivity index (χ3n) is 5.15. The van der Waals surface area contributed by atoms with E-state index in [1.54, 1.807) is 12.2 Å². The minimum atomic E-state index is -0.0377. The fraction of sp³-hybridized carbons (Fsp3) is 0.240. The summed E-state index contributed by atoms with van der Waals surface area (Å²) >= 11 is 3.40. The lowest BCUT2D eigenvalue weighted by molar-refractivity contribution is 0.104. The first-order chi connectivity index (χ1) is 14.7. The third kappa shape index (κ3) is 5.42. The molecule has 0 unspecified atom stereocenters. The minimum absolute atomic E-state index is 0.0377. The smallest absolute Gasteiger partial charge is 0.185 e. The molecule has 1 aromatic heterocycles. The van der Waals surface area contributed by atoms with Crippen molar-refractivity contribution in [3.05, 3.63) is 88.3 Å². The Morgan fingerprint density at radius 2 is 1.70 bits per heavy atom. The Hall–Kier alpha value is -2.79. The van der Waals surface area contributed by atoms with E-state index in [1.807, 2.05) is 60.7 Å². The summed E-state index contributed by atoms with van der Waals surface area (Å²) in [5, 5.41) is 0. The van der Waals surface area contributed by atoms with Crippen molar-refractivity contribution in [2.45, 2.75) is 25.9 Å². The number of carbonyl (C=O) groups excluding carboxylic acids is 1. The van der Waals surface area contributed by atoms with Crippen molar-refractivity contribution in [1.82, 2.24) is 0 Å². The second-order valence-corrected chi connectivity index (χ2v) is 8.25. The highest BCUT2D eigenvalue weighted by Crippen LogP contribution is 2.21. The maximum Gasteiger partial charge on any atom is 0.185 e. The number of ether oxygens (including phenoxy) is 1. The maximum absolute atomic E-state index is 12.5. The topological polar surface area (TPSA) is 42.7 Å². The number of benzene rings is 2. The minimum Gasteiger partial charge on any atom is -0.486 e. The molecule has 0 atom stereocenters. The van der Waals surface area contributed by atoms with Crippen molar-refractivity contribution in [2.75, 3.05) is 18.0 Å². The number of piperidine rings is 1. The van der Waals surface area contributed by atoms with Gasteiger partial charge in [-0.25, -0.2) is 0 Å². The summed E-state index contributed by atoms with van der Waals surface area (Å²) in [5.74, 6) is 2.07. The Morgan fingerprint density at radius 3 is 2.43 bits per heavy atom. The molecule has 1 aliphatic rings. The van der Waals surface area contributed by atoms with Crippen molar-refractivity contribution < 1.29 is 13.9 Å². The zero-order chi connectivity index (χ0) is 20.8. The van der Waals surface area contributed by atoms with Crippen LogP contribution in [0.3, 0.4) is 0 Å². The number of allylic oxidation sites excluding steroid dienone is 1. The summed E-state index contributed by atoms with van der Waals surface area (Å²) in [6.45, 7) is 2.53. The first-order valence-corrected chi connectivity index (χ1v) is 11.0. The molecule has 0 saturated carbocycles. The van der Waals surface area contributed by atoms with Crippen molar-refractivity contribution in [2.24, 2.45) is 0 Å². The number of halogens is 1. The van der Waals surface area contributed by atoms with Crippen LogP contribution >= 0.6 is 15.9 Å². The van der Waals surface area contributed by atoms with Crippen molar-refractivity contribution in [3.63, 3.8) is 0 Å². The van der Waals surface area contributed by atoms with Crippen LogP contribution in [-0.2, 0) is 6.61 Å². The lowest BCUT2D eigenvalue weighted by atomic mass is 10.1. The number of anilines is 1. The lowest BCUT2D eigenvalue weighted by Gasteiger charge is -2.28. The van der Waals surface area contributed by atoms with E-state index >= 15 is 0 Å². The summed E-state index contributed by atoms with van der Waals surface area (Å²) in [6, 6.07) is 19.2. The highest BCUT2D eigenvalue weighted by Gasteiger charge is 2.11. The summed E-state index contributed by atoms with van der Waals surface area (Å²) in [5.41, 5.74) is 1.87. The van der Waals surface area contributed by atoms with E-state index in [2.05, 4.69) is 20.8 Å². The second-order valence-electron chi connectivity index (χ2n) is 7.34.